The SMILES string of the molecule is COC(=O)[C@H]1CCCN1c1ccccc1C(=O)O. The molecule has 1 heterocycles. The molecule has 96 valence electrons. The van der Waals surface area contributed by atoms with Gasteiger partial charge < -0.3 is 14.7 Å². The predicted octanol–water partition coefficient (Wildman–Crippen LogP) is 1.53. The molecule has 0 radical (unpaired) electrons. The molecular formula is C13H15NO4. The smallest absolute Gasteiger partial charge is 0.337 e. The first-order valence-corrected chi connectivity index (χ1v) is 5.82. The Morgan fingerprint density at radius 1 is 1.39 bits per heavy atom. The van der Waals surface area contributed by atoms with Crippen molar-refractivity contribution in [1.29, 1.82) is 0 Å². The molecule has 1 fully saturated rings. The van der Waals surface area contributed by atoms with Gasteiger partial charge in [0.25, 0.3) is 0 Å². The van der Waals surface area contributed by atoms with Crippen molar-refractivity contribution in [3.05, 3.63) is 29.8 Å². The summed E-state index contributed by atoms with van der Waals surface area (Å²) in [6, 6.07) is 6.34. The molecular weight excluding hydrogens is 234 g/mol. The van der Waals surface area contributed by atoms with Crippen LogP contribution in [0, 0.1) is 0 Å². The van der Waals surface area contributed by atoms with E-state index in [4.69, 9.17) is 9.84 Å². The van der Waals surface area contributed by atoms with E-state index in [0.717, 1.165) is 6.42 Å². The van der Waals surface area contributed by atoms with Gasteiger partial charge in [-0.2, -0.15) is 0 Å². The number of benzene rings is 1. The van der Waals surface area contributed by atoms with Crippen LogP contribution >= 0.6 is 0 Å². The number of methoxy groups -OCH3 is 1. The van der Waals surface area contributed by atoms with Crippen LogP contribution in [0.2, 0.25) is 0 Å². The molecule has 0 spiro atoms. The molecule has 0 saturated carbocycles. The molecule has 1 aliphatic rings. The van der Waals surface area contributed by atoms with Gasteiger partial charge in [0.15, 0.2) is 0 Å². The molecule has 1 aliphatic heterocycles. The number of aromatic carboxylic acids is 1. The van der Waals surface area contributed by atoms with Crippen LogP contribution in [-0.2, 0) is 9.53 Å². The molecule has 0 aliphatic carbocycles. The predicted molar refractivity (Wildman–Crippen MR) is 65.8 cm³/mol. The third-order valence-corrected chi connectivity index (χ3v) is 3.17. The van der Waals surface area contributed by atoms with Gasteiger partial charge in [-0.05, 0) is 25.0 Å². The van der Waals surface area contributed by atoms with Crippen LogP contribution in [0.5, 0.6) is 0 Å². The minimum atomic E-state index is -0.985. The number of carbonyl (C=O) groups is 2. The van der Waals surface area contributed by atoms with Gasteiger partial charge in [0.1, 0.15) is 6.04 Å². The molecule has 5 heteroatoms. The van der Waals surface area contributed by atoms with Crippen LogP contribution in [0.15, 0.2) is 24.3 Å². The highest BCUT2D eigenvalue weighted by atomic mass is 16.5. The molecule has 1 saturated heterocycles. The van der Waals surface area contributed by atoms with Crippen LogP contribution in [0.3, 0.4) is 0 Å². The van der Waals surface area contributed by atoms with E-state index in [0.29, 0.717) is 18.7 Å². The molecule has 0 aromatic heterocycles. The number of hydrogen-bond donors (Lipinski definition) is 1. The maximum Gasteiger partial charge on any atom is 0.337 e. The number of nitrogens with zero attached hydrogens (tertiary/aromatic N) is 1. The van der Waals surface area contributed by atoms with E-state index in [1.807, 2.05) is 4.90 Å². The van der Waals surface area contributed by atoms with E-state index in [-0.39, 0.29) is 17.6 Å². The van der Waals surface area contributed by atoms with Gasteiger partial charge in [-0.3, -0.25) is 0 Å². The number of hydrogen-bond acceptors (Lipinski definition) is 4. The minimum Gasteiger partial charge on any atom is -0.478 e. The van der Waals surface area contributed by atoms with Crippen molar-refractivity contribution in [1.82, 2.24) is 0 Å². The van der Waals surface area contributed by atoms with E-state index in [2.05, 4.69) is 0 Å². The molecule has 2 rings (SSSR count). The lowest BCUT2D eigenvalue weighted by Gasteiger charge is -2.26. The topological polar surface area (TPSA) is 66.8 Å². The van der Waals surface area contributed by atoms with E-state index >= 15 is 0 Å². The number of carbonyl (C=O) groups excluding carboxylic acids is 1. The number of para-hydroxylation sites is 1. The van der Waals surface area contributed by atoms with Gasteiger partial charge in [0.2, 0.25) is 0 Å². The second kappa shape index (κ2) is 5.08. The van der Waals surface area contributed by atoms with Gasteiger partial charge >= 0.3 is 11.9 Å². The largest absolute Gasteiger partial charge is 0.478 e. The average molecular weight is 249 g/mol. The fourth-order valence-electron chi connectivity index (χ4n) is 2.34. The zero-order chi connectivity index (χ0) is 13.1. The van der Waals surface area contributed by atoms with Crippen LogP contribution in [0.4, 0.5) is 5.69 Å². The fraction of sp³-hybridized carbons (Fsp3) is 0.385. The molecule has 1 N–H and O–H groups in total. The van der Waals surface area contributed by atoms with Crippen molar-refractivity contribution >= 4 is 17.6 Å². The van der Waals surface area contributed by atoms with Crippen LogP contribution < -0.4 is 4.90 Å². The normalized spacial score (nSPS) is 18.7. The summed E-state index contributed by atoms with van der Waals surface area (Å²) in [4.78, 5) is 24.7. The lowest BCUT2D eigenvalue weighted by atomic mass is 10.1. The standard InChI is InChI=1S/C13H15NO4/c1-18-13(17)11-7-4-8-14(11)10-6-3-2-5-9(10)12(15)16/h2-3,5-6,11H,4,7-8H2,1H3,(H,15,16)/t11-/m1/s1. The van der Waals surface area contributed by atoms with E-state index in [1.54, 1.807) is 24.3 Å². The number of carboxylic acids is 1. The quantitative estimate of drug-likeness (QED) is 0.823. The lowest BCUT2D eigenvalue weighted by molar-refractivity contribution is -0.141. The van der Waals surface area contributed by atoms with E-state index < -0.39 is 5.97 Å². The maximum absolute atomic E-state index is 11.7. The Bertz CT molecular complexity index is 472. The van der Waals surface area contributed by atoms with Crippen LogP contribution in [0.1, 0.15) is 23.2 Å². The van der Waals surface area contributed by atoms with Gasteiger partial charge in [-0.1, -0.05) is 12.1 Å². The van der Waals surface area contributed by atoms with Crippen molar-refractivity contribution in [2.75, 3.05) is 18.6 Å². The molecule has 1 aromatic carbocycles. The number of esters is 1. The first-order chi connectivity index (χ1) is 8.65. The monoisotopic (exact) mass is 249 g/mol. The van der Waals surface area contributed by atoms with Crippen molar-refractivity contribution in [3.63, 3.8) is 0 Å². The third kappa shape index (κ3) is 2.16. The number of carboxylic acid groups (broad SMARTS) is 1. The summed E-state index contributed by atoms with van der Waals surface area (Å²) in [6.45, 7) is 0.671. The summed E-state index contributed by atoms with van der Waals surface area (Å²) in [7, 11) is 1.35. The summed E-state index contributed by atoms with van der Waals surface area (Å²) < 4.78 is 4.76. The zero-order valence-electron chi connectivity index (χ0n) is 10.1. The Labute approximate surface area is 105 Å². The van der Waals surface area contributed by atoms with Crippen molar-refractivity contribution < 1.29 is 19.4 Å². The molecule has 18 heavy (non-hydrogen) atoms. The fourth-order valence-corrected chi connectivity index (χ4v) is 2.34. The molecule has 0 bridgehead atoms. The molecule has 5 nitrogen and oxygen atoms in total. The molecule has 0 unspecified atom stereocenters. The van der Waals surface area contributed by atoms with Crippen molar-refractivity contribution in [3.8, 4) is 0 Å². The zero-order valence-corrected chi connectivity index (χ0v) is 10.1. The summed E-state index contributed by atoms with van der Waals surface area (Å²) in [5.41, 5.74) is 0.797. The lowest BCUT2D eigenvalue weighted by Crippen LogP contribution is -2.37. The molecule has 1 atom stereocenters. The van der Waals surface area contributed by atoms with Crippen LogP contribution in [0.25, 0.3) is 0 Å². The second-order valence-corrected chi connectivity index (χ2v) is 4.20. The Balaban J connectivity index is 2.36. The van der Waals surface area contributed by atoms with Gasteiger partial charge in [0.05, 0.1) is 18.4 Å². The molecule has 1 aromatic rings. The summed E-state index contributed by atoms with van der Waals surface area (Å²) in [5.74, 6) is -1.30. The summed E-state index contributed by atoms with van der Waals surface area (Å²) in [6.07, 6.45) is 1.55. The first-order valence-electron chi connectivity index (χ1n) is 5.82. The second-order valence-electron chi connectivity index (χ2n) is 4.20. The number of ether oxygens (including phenoxy) is 1. The van der Waals surface area contributed by atoms with E-state index in [1.165, 1.54) is 7.11 Å². The van der Waals surface area contributed by atoms with Crippen LogP contribution in [-0.4, -0.2) is 36.7 Å². The highest BCUT2D eigenvalue weighted by Gasteiger charge is 2.33. The Hall–Kier alpha value is -2.04. The van der Waals surface area contributed by atoms with Crippen molar-refractivity contribution in [2.45, 2.75) is 18.9 Å². The number of anilines is 1. The molecule has 0 amide bonds. The first kappa shape index (κ1) is 12.4. The highest BCUT2D eigenvalue weighted by molar-refractivity contribution is 5.95. The Kier molecular flexibility index (Phi) is 3.50. The highest BCUT2D eigenvalue weighted by Crippen LogP contribution is 2.29. The number of rotatable bonds is 3. The Morgan fingerprint density at radius 3 is 2.78 bits per heavy atom. The minimum absolute atomic E-state index is 0.216. The third-order valence-electron chi connectivity index (χ3n) is 3.17. The van der Waals surface area contributed by atoms with Gasteiger partial charge in [0, 0.05) is 6.54 Å². The van der Waals surface area contributed by atoms with Gasteiger partial charge in [-0.15, -0.1) is 0 Å². The Morgan fingerprint density at radius 2 is 2.11 bits per heavy atom. The average Bonchev–Trinajstić information content (AvgIpc) is 2.86. The van der Waals surface area contributed by atoms with Gasteiger partial charge in [-0.25, -0.2) is 9.59 Å². The van der Waals surface area contributed by atoms with E-state index in [9.17, 15) is 9.59 Å². The van der Waals surface area contributed by atoms with Crippen molar-refractivity contribution in [2.24, 2.45) is 0 Å². The summed E-state index contributed by atoms with van der Waals surface area (Å²) in [5, 5.41) is 9.17. The maximum atomic E-state index is 11.7. The summed E-state index contributed by atoms with van der Waals surface area (Å²) >= 11 is 0.